The maximum Gasteiger partial charge on any atom is 0.412 e. The molecule has 41 heavy (non-hydrogen) atoms. The second kappa shape index (κ2) is 12.7. The predicted octanol–water partition coefficient (Wildman–Crippen LogP) is 6.31. The molecular formula is C33H40F2N2O4. The molecule has 0 saturated carbocycles. The van der Waals surface area contributed by atoms with E-state index in [1.54, 1.807) is 34.6 Å². The third kappa shape index (κ3) is 8.12. The third-order valence-corrected chi connectivity index (χ3v) is 7.19. The molecule has 0 aromatic heterocycles. The Hall–Kier alpha value is -3.33. The molecule has 1 amide bonds. The van der Waals surface area contributed by atoms with Crippen LogP contribution >= 0.6 is 0 Å². The van der Waals surface area contributed by atoms with E-state index >= 15 is 0 Å². The van der Waals surface area contributed by atoms with Crippen LogP contribution in [0.5, 0.6) is 0 Å². The molecule has 0 aliphatic carbocycles. The number of aliphatic hydroxyl groups excluding tert-OH is 1. The van der Waals surface area contributed by atoms with Crippen molar-refractivity contribution < 1.29 is 28.2 Å². The summed E-state index contributed by atoms with van der Waals surface area (Å²) >= 11 is 0. The van der Waals surface area contributed by atoms with E-state index in [-0.39, 0.29) is 13.0 Å². The van der Waals surface area contributed by atoms with Gasteiger partial charge in [0.2, 0.25) is 0 Å². The zero-order valence-electron chi connectivity index (χ0n) is 24.4. The van der Waals surface area contributed by atoms with Crippen LogP contribution < -0.4 is 0 Å². The highest BCUT2D eigenvalue weighted by atomic mass is 19.1. The zero-order chi connectivity index (χ0) is 29.8. The molecule has 1 N–H and O–H groups in total. The van der Waals surface area contributed by atoms with E-state index in [4.69, 9.17) is 9.47 Å². The number of benzene rings is 3. The lowest BCUT2D eigenvalue weighted by Crippen LogP contribution is -2.58. The van der Waals surface area contributed by atoms with Gasteiger partial charge in [0.1, 0.15) is 23.0 Å². The van der Waals surface area contributed by atoms with E-state index in [0.717, 1.165) is 17.2 Å². The molecule has 8 heteroatoms. The van der Waals surface area contributed by atoms with E-state index < -0.39 is 47.2 Å². The van der Waals surface area contributed by atoms with Crippen LogP contribution in [0.2, 0.25) is 0 Å². The quantitative estimate of drug-likeness (QED) is 0.329. The highest BCUT2D eigenvalue weighted by Crippen LogP contribution is 2.34. The molecule has 0 bridgehead atoms. The summed E-state index contributed by atoms with van der Waals surface area (Å²) < 4.78 is 40.3. The van der Waals surface area contributed by atoms with Gasteiger partial charge in [0.15, 0.2) is 0 Å². The Balaban J connectivity index is 1.76. The molecule has 0 radical (unpaired) electrons. The number of hydrogen-bond donors (Lipinski definition) is 1. The van der Waals surface area contributed by atoms with Crippen LogP contribution in [-0.2, 0) is 29.0 Å². The smallest absolute Gasteiger partial charge is 0.412 e. The number of rotatable bonds is 9. The van der Waals surface area contributed by atoms with E-state index in [0.29, 0.717) is 18.7 Å². The zero-order valence-corrected chi connectivity index (χ0v) is 24.4. The van der Waals surface area contributed by atoms with Crippen LogP contribution in [0.3, 0.4) is 0 Å². The lowest BCUT2D eigenvalue weighted by atomic mass is 9.93. The number of carbonyl (C=O) groups is 1. The molecule has 1 saturated heterocycles. The van der Waals surface area contributed by atoms with Gasteiger partial charge in [-0.2, -0.15) is 0 Å². The Morgan fingerprint density at radius 1 is 0.976 bits per heavy atom. The highest BCUT2D eigenvalue weighted by Gasteiger charge is 2.50. The summed E-state index contributed by atoms with van der Waals surface area (Å²) in [5, 5.41) is 12.1. The van der Waals surface area contributed by atoms with Crippen LogP contribution in [0.1, 0.15) is 51.3 Å². The second-order valence-electron chi connectivity index (χ2n) is 12.1. The average molecular weight is 567 g/mol. The van der Waals surface area contributed by atoms with Gasteiger partial charge < -0.3 is 14.6 Å². The van der Waals surface area contributed by atoms with Gasteiger partial charge in [0.05, 0.1) is 18.8 Å². The second-order valence-corrected chi connectivity index (χ2v) is 12.1. The van der Waals surface area contributed by atoms with Crippen LogP contribution in [0, 0.1) is 11.6 Å². The normalized spacial score (nSPS) is 18.4. The SMILES string of the molecule is CC(C)(C)OC(=O)N1C([C@@H](O)[C@H](Cc2cc(F)cc(F)c2)N(Cc2ccccc2)Cc2ccccc2)COC1(C)C. The first-order chi connectivity index (χ1) is 19.3. The van der Waals surface area contributed by atoms with Gasteiger partial charge in [-0.25, -0.2) is 13.6 Å². The first kappa shape index (κ1) is 30.6. The molecular weight excluding hydrogens is 526 g/mol. The molecule has 3 aromatic rings. The lowest BCUT2D eigenvalue weighted by molar-refractivity contribution is -0.0735. The van der Waals surface area contributed by atoms with Gasteiger partial charge in [-0.05, 0) is 69.9 Å². The molecule has 4 rings (SSSR count). The highest BCUT2D eigenvalue weighted by molar-refractivity contribution is 5.70. The van der Waals surface area contributed by atoms with Crippen LogP contribution in [0.15, 0.2) is 78.9 Å². The average Bonchev–Trinajstić information content (AvgIpc) is 3.21. The van der Waals surface area contributed by atoms with Gasteiger partial charge >= 0.3 is 6.09 Å². The summed E-state index contributed by atoms with van der Waals surface area (Å²) in [5.74, 6) is -1.38. The van der Waals surface area contributed by atoms with Gasteiger partial charge in [0, 0.05) is 25.2 Å². The van der Waals surface area contributed by atoms with Gasteiger partial charge in [-0.15, -0.1) is 0 Å². The molecule has 1 aliphatic heterocycles. The van der Waals surface area contributed by atoms with Crippen molar-refractivity contribution in [1.82, 2.24) is 9.80 Å². The fourth-order valence-corrected chi connectivity index (χ4v) is 5.37. The topological polar surface area (TPSA) is 62.2 Å². The number of hydrogen-bond acceptors (Lipinski definition) is 5. The summed E-state index contributed by atoms with van der Waals surface area (Å²) in [4.78, 5) is 17.0. The Kier molecular flexibility index (Phi) is 9.47. The van der Waals surface area contributed by atoms with Gasteiger partial charge in [0.25, 0.3) is 0 Å². The molecule has 3 atom stereocenters. The molecule has 1 unspecified atom stereocenters. The molecule has 6 nitrogen and oxygen atoms in total. The van der Waals surface area contributed by atoms with Crippen molar-refractivity contribution in [2.24, 2.45) is 0 Å². The predicted molar refractivity (Wildman–Crippen MR) is 154 cm³/mol. The standard InChI is InChI=1S/C33H40F2N2O4/c1-32(2,3)41-31(39)37-29(22-40-33(37,4)5)30(38)28(18-25-16-26(34)19-27(35)17-25)36(20-23-12-8-6-9-13-23)21-24-14-10-7-11-15-24/h6-17,19,28-30,38H,18,20-22H2,1-5H3/t28-,29?,30-/m0/s1. The molecule has 3 aromatic carbocycles. The first-order valence-corrected chi connectivity index (χ1v) is 13.9. The van der Waals surface area contributed by atoms with E-state index in [9.17, 15) is 18.7 Å². The van der Waals surface area contributed by atoms with Crippen molar-refractivity contribution in [3.05, 3.63) is 107 Å². The summed E-state index contributed by atoms with van der Waals surface area (Å²) in [6.45, 7) is 9.84. The van der Waals surface area contributed by atoms with Crippen molar-refractivity contribution in [3.63, 3.8) is 0 Å². The molecule has 1 fully saturated rings. The molecule has 1 aliphatic rings. The van der Waals surface area contributed by atoms with Crippen molar-refractivity contribution in [2.75, 3.05) is 6.61 Å². The maximum atomic E-state index is 14.3. The number of halogens is 2. The van der Waals surface area contributed by atoms with E-state index in [1.165, 1.54) is 17.0 Å². The van der Waals surface area contributed by atoms with Crippen molar-refractivity contribution in [1.29, 1.82) is 0 Å². The Morgan fingerprint density at radius 2 is 1.49 bits per heavy atom. The van der Waals surface area contributed by atoms with Crippen LogP contribution in [-0.4, -0.2) is 57.1 Å². The van der Waals surface area contributed by atoms with Crippen LogP contribution in [0.25, 0.3) is 0 Å². The number of nitrogens with zero attached hydrogens (tertiary/aromatic N) is 2. The lowest BCUT2D eigenvalue weighted by Gasteiger charge is -2.41. The van der Waals surface area contributed by atoms with E-state index in [2.05, 4.69) is 4.90 Å². The summed E-state index contributed by atoms with van der Waals surface area (Å²) in [6, 6.07) is 21.6. The summed E-state index contributed by atoms with van der Waals surface area (Å²) in [6.07, 6.45) is -1.62. The maximum absolute atomic E-state index is 14.3. The van der Waals surface area contributed by atoms with Crippen molar-refractivity contribution >= 4 is 6.09 Å². The van der Waals surface area contributed by atoms with E-state index in [1.807, 2.05) is 60.7 Å². The Labute approximate surface area is 241 Å². The van der Waals surface area contributed by atoms with Crippen molar-refractivity contribution in [3.8, 4) is 0 Å². The summed E-state index contributed by atoms with van der Waals surface area (Å²) in [7, 11) is 0. The third-order valence-electron chi connectivity index (χ3n) is 7.19. The minimum absolute atomic E-state index is 0.0753. The minimum atomic E-state index is -1.15. The van der Waals surface area contributed by atoms with Gasteiger partial charge in [-0.1, -0.05) is 60.7 Å². The van der Waals surface area contributed by atoms with Crippen LogP contribution in [0.4, 0.5) is 13.6 Å². The molecule has 1 heterocycles. The number of ether oxygens (including phenoxy) is 2. The fourth-order valence-electron chi connectivity index (χ4n) is 5.37. The summed E-state index contributed by atoms with van der Waals surface area (Å²) in [5.41, 5.74) is 0.639. The monoisotopic (exact) mass is 566 g/mol. The van der Waals surface area contributed by atoms with Gasteiger partial charge in [-0.3, -0.25) is 9.80 Å². The molecule has 0 spiro atoms. The number of amides is 1. The minimum Gasteiger partial charge on any atom is -0.444 e. The molecule has 220 valence electrons. The largest absolute Gasteiger partial charge is 0.444 e. The fraction of sp³-hybridized carbons (Fsp3) is 0.424. The Morgan fingerprint density at radius 3 is 1.98 bits per heavy atom. The first-order valence-electron chi connectivity index (χ1n) is 13.9. The van der Waals surface area contributed by atoms with Crippen molar-refractivity contribution in [2.45, 2.75) is 83.6 Å². The Bertz CT molecular complexity index is 1240. The number of aliphatic hydroxyl groups is 1. The number of carbonyl (C=O) groups excluding carboxylic acids is 1.